The van der Waals surface area contributed by atoms with Crippen LogP contribution in [0, 0.1) is 0 Å². The number of aliphatic imine (C=N–C) groups is 1. The van der Waals surface area contributed by atoms with Crippen molar-refractivity contribution in [1.82, 2.24) is 14.8 Å². The number of anilines is 1. The predicted molar refractivity (Wildman–Crippen MR) is 196 cm³/mol. The van der Waals surface area contributed by atoms with Gasteiger partial charge < -0.3 is 24.2 Å². The Morgan fingerprint density at radius 3 is 1.84 bits per heavy atom. The molecule has 1 heterocycles. The number of para-hydroxylation sites is 3. The largest absolute Gasteiger partial charge is 0.431 e. The maximum Gasteiger partial charge on any atom is 0.264 e. The van der Waals surface area contributed by atoms with Gasteiger partial charge in [0.2, 0.25) is 0 Å². The zero-order valence-electron chi connectivity index (χ0n) is 25.7. The van der Waals surface area contributed by atoms with Crippen LogP contribution in [0.5, 0.6) is 11.5 Å². The van der Waals surface area contributed by atoms with Gasteiger partial charge in [-0.2, -0.15) is 0 Å². The number of fused-ring (bicyclic) bond motifs is 1. The molecule has 0 spiro atoms. The third kappa shape index (κ3) is 7.37. The Kier molecular flexibility index (Phi) is 9.87. The van der Waals surface area contributed by atoms with Gasteiger partial charge in [-0.15, -0.1) is 11.3 Å². The van der Waals surface area contributed by atoms with Gasteiger partial charge in [-0.25, -0.2) is 9.98 Å². The first-order valence-electron chi connectivity index (χ1n) is 14.1. The maximum atomic E-state index is 6.14. The van der Waals surface area contributed by atoms with Crippen molar-refractivity contribution in [1.29, 1.82) is 0 Å². The molecular formula is C35H33N5O2S3. The fourth-order valence-electron chi connectivity index (χ4n) is 4.35. The van der Waals surface area contributed by atoms with E-state index in [1.807, 2.05) is 107 Å². The van der Waals surface area contributed by atoms with Gasteiger partial charge >= 0.3 is 0 Å². The van der Waals surface area contributed by atoms with Crippen LogP contribution < -0.4 is 14.4 Å². The average Bonchev–Trinajstić information content (AvgIpc) is 3.48. The van der Waals surface area contributed by atoms with E-state index in [4.69, 9.17) is 43.9 Å². The Morgan fingerprint density at radius 1 is 0.711 bits per heavy atom. The van der Waals surface area contributed by atoms with Crippen LogP contribution in [0.1, 0.15) is 11.1 Å². The van der Waals surface area contributed by atoms with E-state index in [0.717, 1.165) is 32.0 Å². The Labute approximate surface area is 278 Å². The van der Waals surface area contributed by atoms with Crippen molar-refractivity contribution < 1.29 is 9.47 Å². The van der Waals surface area contributed by atoms with Crippen molar-refractivity contribution in [3.63, 3.8) is 0 Å². The predicted octanol–water partition coefficient (Wildman–Crippen LogP) is 7.97. The van der Waals surface area contributed by atoms with E-state index in [9.17, 15) is 0 Å². The lowest BCUT2D eigenvalue weighted by Gasteiger charge is -2.25. The van der Waals surface area contributed by atoms with E-state index in [0.29, 0.717) is 38.9 Å². The summed E-state index contributed by atoms with van der Waals surface area (Å²) in [5, 5.41) is 1.64. The molecule has 0 radical (unpaired) electrons. The van der Waals surface area contributed by atoms with Gasteiger partial charge in [-0.1, -0.05) is 43.0 Å². The summed E-state index contributed by atoms with van der Waals surface area (Å²) in [6.45, 7) is 4.34. The van der Waals surface area contributed by atoms with Gasteiger partial charge in [0.15, 0.2) is 0 Å². The van der Waals surface area contributed by atoms with Crippen molar-refractivity contribution in [3.05, 3.63) is 115 Å². The Bertz CT molecular complexity index is 1860. The van der Waals surface area contributed by atoms with Crippen LogP contribution in [0.3, 0.4) is 0 Å². The topological polar surface area (TPSA) is 53.4 Å². The molecule has 0 fully saturated rings. The standard InChI is InChI=1S/C35H33N5O2S3/c1-23(26-13-7-10-16-29(26)41-34(43)38(2)3)36-32(27-14-8-11-17-30(27)42-35(44)39(4)5)40(6)25-21-19-24(20-22-25)33-37-28-15-9-12-18-31(28)45-33/h7-22H,1H2,2-6H3. The van der Waals surface area contributed by atoms with Crippen LogP contribution in [-0.2, 0) is 0 Å². The summed E-state index contributed by atoms with van der Waals surface area (Å²) >= 11 is 12.6. The molecule has 0 saturated carbocycles. The number of hydrogen-bond donors (Lipinski definition) is 0. The summed E-state index contributed by atoms with van der Waals surface area (Å²) in [5.41, 5.74) is 4.89. The molecule has 45 heavy (non-hydrogen) atoms. The van der Waals surface area contributed by atoms with E-state index < -0.39 is 0 Å². The van der Waals surface area contributed by atoms with E-state index >= 15 is 0 Å². The number of rotatable bonds is 7. The number of benzene rings is 4. The van der Waals surface area contributed by atoms with Crippen LogP contribution in [-0.4, -0.2) is 66.2 Å². The first-order chi connectivity index (χ1) is 21.6. The van der Waals surface area contributed by atoms with Crippen LogP contribution in [0.15, 0.2) is 109 Å². The molecule has 0 aliphatic rings. The van der Waals surface area contributed by atoms with E-state index in [2.05, 4.69) is 36.9 Å². The lowest BCUT2D eigenvalue weighted by molar-refractivity contribution is 0.448. The quantitative estimate of drug-likeness (QED) is 0.0998. The summed E-state index contributed by atoms with van der Waals surface area (Å²) in [4.78, 5) is 15.4. The third-order valence-corrected chi connectivity index (χ3v) is 8.79. The number of amidine groups is 1. The second-order valence-corrected chi connectivity index (χ2v) is 12.2. The summed E-state index contributed by atoms with van der Waals surface area (Å²) in [7, 11) is 9.32. The molecule has 0 N–H and O–H groups in total. The molecule has 1 aromatic heterocycles. The highest BCUT2D eigenvalue weighted by atomic mass is 32.1. The minimum atomic E-state index is 0.333. The molecule has 7 nitrogen and oxygen atoms in total. The summed E-state index contributed by atoms with van der Waals surface area (Å²) in [5.74, 6) is 1.74. The van der Waals surface area contributed by atoms with Crippen LogP contribution in [0.25, 0.3) is 26.5 Å². The highest BCUT2D eigenvalue weighted by Crippen LogP contribution is 2.33. The van der Waals surface area contributed by atoms with Gasteiger partial charge in [0.05, 0.1) is 21.5 Å². The fourth-order valence-corrected chi connectivity index (χ4v) is 5.51. The van der Waals surface area contributed by atoms with Gasteiger partial charge in [0.25, 0.3) is 10.3 Å². The molecule has 0 amide bonds. The average molecular weight is 652 g/mol. The summed E-state index contributed by atoms with van der Waals surface area (Å²) < 4.78 is 13.3. The molecule has 228 valence electrons. The van der Waals surface area contributed by atoms with Crippen molar-refractivity contribution in [2.24, 2.45) is 4.99 Å². The second kappa shape index (κ2) is 14.0. The third-order valence-electron chi connectivity index (χ3n) is 6.80. The first kappa shape index (κ1) is 31.8. The van der Waals surface area contributed by atoms with E-state index in [1.54, 1.807) is 21.1 Å². The van der Waals surface area contributed by atoms with Crippen LogP contribution in [0.2, 0.25) is 0 Å². The monoisotopic (exact) mass is 651 g/mol. The Morgan fingerprint density at radius 2 is 1.24 bits per heavy atom. The van der Waals surface area contributed by atoms with Crippen molar-refractivity contribution in [2.45, 2.75) is 0 Å². The molecule has 4 aromatic carbocycles. The van der Waals surface area contributed by atoms with Crippen LogP contribution >= 0.6 is 35.8 Å². The summed E-state index contributed by atoms with van der Waals surface area (Å²) in [6, 6.07) is 31.7. The van der Waals surface area contributed by atoms with E-state index in [1.165, 1.54) is 0 Å². The zero-order valence-corrected chi connectivity index (χ0v) is 28.2. The SMILES string of the molecule is C=C(N=C(c1ccccc1OC(=S)N(C)C)N(C)c1ccc(-c2nc3ccccc3s2)cc1)c1ccccc1OC(=S)N(C)C. The maximum absolute atomic E-state index is 6.14. The smallest absolute Gasteiger partial charge is 0.264 e. The molecule has 0 saturated heterocycles. The lowest BCUT2D eigenvalue weighted by atomic mass is 10.1. The molecule has 0 aliphatic heterocycles. The van der Waals surface area contributed by atoms with Crippen molar-refractivity contribution in [2.75, 3.05) is 40.1 Å². The van der Waals surface area contributed by atoms with Gasteiger partial charge in [-0.05, 0) is 85.1 Å². The highest BCUT2D eigenvalue weighted by molar-refractivity contribution is 7.80. The highest BCUT2D eigenvalue weighted by Gasteiger charge is 2.20. The molecule has 0 unspecified atom stereocenters. The number of ether oxygens (including phenoxy) is 2. The fraction of sp³-hybridized carbons (Fsp3) is 0.143. The molecule has 5 rings (SSSR count). The number of nitrogens with zero attached hydrogens (tertiary/aromatic N) is 5. The summed E-state index contributed by atoms with van der Waals surface area (Å²) in [6.07, 6.45) is 0. The minimum absolute atomic E-state index is 0.333. The van der Waals surface area contributed by atoms with E-state index in [-0.39, 0.29) is 0 Å². The molecule has 0 atom stereocenters. The lowest BCUT2D eigenvalue weighted by Crippen LogP contribution is -2.30. The van der Waals surface area contributed by atoms with Gasteiger partial charge in [0.1, 0.15) is 22.3 Å². The minimum Gasteiger partial charge on any atom is -0.431 e. The van der Waals surface area contributed by atoms with Crippen molar-refractivity contribution >= 4 is 73.6 Å². The molecular weight excluding hydrogens is 619 g/mol. The zero-order chi connectivity index (χ0) is 32.1. The Balaban J connectivity index is 1.56. The second-order valence-electron chi connectivity index (χ2n) is 10.5. The number of aromatic nitrogens is 1. The normalized spacial score (nSPS) is 11.2. The molecule has 0 bridgehead atoms. The number of thiazole rings is 1. The first-order valence-corrected chi connectivity index (χ1v) is 15.7. The van der Waals surface area contributed by atoms with Crippen LogP contribution in [0.4, 0.5) is 5.69 Å². The molecule has 0 aliphatic carbocycles. The number of hydrogen-bond acceptors (Lipinski definition) is 7. The van der Waals surface area contributed by atoms with Gasteiger partial charge in [-0.3, -0.25) is 0 Å². The molecule has 5 aromatic rings. The molecule has 10 heteroatoms. The van der Waals surface area contributed by atoms with Crippen molar-refractivity contribution in [3.8, 4) is 22.1 Å². The number of thiocarbonyl (C=S) groups is 2. The Hall–Kier alpha value is -4.64. The van der Waals surface area contributed by atoms with Gasteiger partial charge in [0, 0.05) is 52.1 Å².